The quantitative estimate of drug-likeness (QED) is 0.893. The van der Waals surface area contributed by atoms with Crippen molar-refractivity contribution in [2.75, 3.05) is 5.32 Å². The topological polar surface area (TPSA) is 34.1 Å². The molecule has 0 spiro atoms. The molecule has 0 unspecified atom stereocenters. The summed E-state index contributed by atoms with van der Waals surface area (Å²) in [6.45, 7) is 4.76. The molecule has 0 saturated carbocycles. The molecule has 0 amide bonds. The highest BCUT2D eigenvalue weighted by atomic mass is 35.5. The largest absolute Gasteiger partial charge is 0.491 e. The van der Waals surface area contributed by atoms with Crippen LogP contribution in [0, 0.1) is 0 Å². The van der Waals surface area contributed by atoms with Crippen LogP contribution in [0.25, 0.3) is 0 Å². The van der Waals surface area contributed by atoms with Crippen LogP contribution in [0.5, 0.6) is 5.75 Å². The van der Waals surface area contributed by atoms with Gasteiger partial charge in [0, 0.05) is 16.8 Å². The van der Waals surface area contributed by atoms with Crippen LogP contribution < -0.4 is 10.1 Å². The molecule has 1 aromatic carbocycles. The molecule has 0 aliphatic heterocycles. The second-order valence-electron chi connectivity index (χ2n) is 4.12. The molecule has 5 heteroatoms. The Bertz CT molecular complexity index is 496. The number of benzene rings is 1. The SMILES string of the molecule is CC(C)Oc1ccc(NCc2cnc(Cl)s2)cc1. The highest BCUT2D eigenvalue weighted by Gasteiger charge is 2.00. The monoisotopic (exact) mass is 282 g/mol. The summed E-state index contributed by atoms with van der Waals surface area (Å²) in [6.07, 6.45) is 1.99. The Balaban J connectivity index is 1.90. The van der Waals surface area contributed by atoms with Crippen LogP contribution >= 0.6 is 22.9 Å². The number of nitrogens with one attached hydrogen (secondary N) is 1. The average Bonchev–Trinajstić information content (AvgIpc) is 2.74. The number of rotatable bonds is 5. The average molecular weight is 283 g/mol. The van der Waals surface area contributed by atoms with Gasteiger partial charge in [0.25, 0.3) is 0 Å². The molecule has 0 fully saturated rings. The zero-order valence-corrected chi connectivity index (χ0v) is 11.9. The smallest absolute Gasteiger partial charge is 0.183 e. The molecular formula is C13H15ClN2OS. The Morgan fingerprint density at radius 1 is 1.33 bits per heavy atom. The van der Waals surface area contributed by atoms with E-state index in [1.807, 2.05) is 38.1 Å². The lowest BCUT2D eigenvalue weighted by atomic mass is 10.3. The Labute approximate surface area is 116 Å². The third kappa shape index (κ3) is 3.89. The van der Waals surface area contributed by atoms with Crippen LogP contribution in [0.4, 0.5) is 5.69 Å². The van der Waals surface area contributed by atoms with E-state index in [1.54, 1.807) is 6.20 Å². The molecule has 0 radical (unpaired) electrons. The highest BCUT2D eigenvalue weighted by Crippen LogP contribution is 2.20. The van der Waals surface area contributed by atoms with E-state index < -0.39 is 0 Å². The molecular weight excluding hydrogens is 268 g/mol. The van der Waals surface area contributed by atoms with Crippen molar-refractivity contribution >= 4 is 28.6 Å². The van der Waals surface area contributed by atoms with E-state index in [0.29, 0.717) is 4.47 Å². The summed E-state index contributed by atoms with van der Waals surface area (Å²) < 4.78 is 6.16. The lowest BCUT2D eigenvalue weighted by molar-refractivity contribution is 0.242. The molecule has 1 N–H and O–H groups in total. The van der Waals surface area contributed by atoms with E-state index >= 15 is 0 Å². The van der Waals surface area contributed by atoms with Crippen molar-refractivity contribution in [3.63, 3.8) is 0 Å². The van der Waals surface area contributed by atoms with Crippen molar-refractivity contribution in [2.24, 2.45) is 0 Å². The number of halogens is 1. The first kappa shape index (κ1) is 13.2. The number of hydrogen-bond donors (Lipinski definition) is 1. The van der Waals surface area contributed by atoms with Crippen molar-refractivity contribution in [1.82, 2.24) is 4.98 Å². The van der Waals surface area contributed by atoms with Crippen molar-refractivity contribution in [3.8, 4) is 5.75 Å². The highest BCUT2D eigenvalue weighted by molar-refractivity contribution is 7.15. The summed E-state index contributed by atoms with van der Waals surface area (Å²) in [5.74, 6) is 0.886. The van der Waals surface area contributed by atoms with Gasteiger partial charge in [0.15, 0.2) is 4.47 Å². The molecule has 0 atom stereocenters. The molecule has 0 bridgehead atoms. The molecule has 2 rings (SSSR count). The summed E-state index contributed by atoms with van der Waals surface area (Å²) in [6, 6.07) is 7.92. The molecule has 1 heterocycles. The molecule has 0 aliphatic rings. The second-order valence-corrected chi connectivity index (χ2v) is 5.82. The minimum absolute atomic E-state index is 0.197. The first-order valence-corrected chi connectivity index (χ1v) is 6.94. The van der Waals surface area contributed by atoms with Gasteiger partial charge in [0.1, 0.15) is 5.75 Å². The first-order chi connectivity index (χ1) is 8.63. The van der Waals surface area contributed by atoms with E-state index in [-0.39, 0.29) is 6.10 Å². The number of hydrogen-bond acceptors (Lipinski definition) is 4. The Morgan fingerprint density at radius 3 is 2.61 bits per heavy atom. The zero-order chi connectivity index (χ0) is 13.0. The number of thiazole rings is 1. The number of aromatic nitrogens is 1. The van der Waals surface area contributed by atoms with Crippen LogP contribution in [0.15, 0.2) is 30.5 Å². The van der Waals surface area contributed by atoms with Crippen LogP contribution in [0.2, 0.25) is 4.47 Å². The summed E-state index contributed by atoms with van der Waals surface area (Å²) in [7, 11) is 0. The molecule has 1 aromatic heterocycles. The van der Waals surface area contributed by atoms with E-state index in [4.69, 9.17) is 16.3 Å². The van der Waals surface area contributed by atoms with Gasteiger partial charge in [0.2, 0.25) is 0 Å². The van der Waals surface area contributed by atoms with Crippen LogP contribution in [-0.4, -0.2) is 11.1 Å². The van der Waals surface area contributed by atoms with Crippen LogP contribution in [0.3, 0.4) is 0 Å². The summed E-state index contributed by atoms with van der Waals surface area (Å²) in [5.41, 5.74) is 1.05. The van der Waals surface area contributed by atoms with E-state index in [1.165, 1.54) is 11.3 Å². The van der Waals surface area contributed by atoms with Gasteiger partial charge >= 0.3 is 0 Å². The predicted molar refractivity (Wildman–Crippen MR) is 76.7 cm³/mol. The zero-order valence-electron chi connectivity index (χ0n) is 10.3. The van der Waals surface area contributed by atoms with Crippen molar-refractivity contribution in [1.29, 1.82) is 0 Å². The second kappa shape index (κ2) is 6.07. The number of ether oxygens (including phenoxy) is 1. The Morgan fingerprint density at radius 2 is 2.06 bits per heavy atom. The predicted octanol–water partition coefficient (Wildman–Crippen LogP) is 4.20. The minimum Gasteiger partial charge on any atom is -0.491 e. The minimum atomic E-state index is 0.197. The Kier molecular flexibility index (Phi) is 4.44. The molecule has 2 aromatic rings. The van der Waals surface area contributed by atoms with Gasteiger partial charge in [-0.25, -0.2) is 4.98 Å². The summed E-state index contributed by atoms with van der Waals surface area (Å²) in [4.78, 5) is 5.11. The van der Waals surface area contributed by atoms with Gasteiger partial charge in [-0.2, -0.15) is 0 Å². The standard InChI is InChI=1S/C13H15ClN2OS/c1-9(2)17-11-5-3-10(4-6-11)15-7-12-8-16-13(14)18-12/h3-6,8-9,15H,7H2,1-2H3. The van der Waals surface area contributed by atoms with E-state index in [2.05, 4.69) is 10.3 Å². The fraction of sp³-hybridized carbons (Fsp3) is 0.308. The van der Waals surface area contributed by atoms with Crippen LogP contribution in [-0.2, 0) is 6.54 Å². The van der Waals surface area contributed by atoms with Crippen molar-refractivity contribution in [3.05, 3.63) is 39.8 Å². The summed E-state index contributed by atoms with van der Waals surface area (Å²) >= 11 is 7.26. The first-order valence-electron chi connectivity index (χ1n) is 5.74. The lowest BCUT2D eigenvalue weighted by Gasteiger charge is -2.10. The normalized spacial score (nSPS) is 10.7. The van der Waals surface area contributed by atoms with E-state index in [0.717, 1.165) is 22.9 Å². The van der Waals surface area contributed by atoms with Gasteiger partial charge in [-0.1, -0.05) is 11.6 Å². The van der Waals surface area contributed by atoms with Crippen molar-refractivity contribution in [2.45, 2.75) is 26.5 Å². The molecule has 0 aliphatic carbocycles. The third-order valence-electron chi connectivity index (χ3n) is 2.22. The van der Waals surface area contributed by atoms with E-state index in [9.17, 15) is 0 Å². The fourth-order valence-electron chi connectivity index (χ4n) is 1.48. The van der Waals surface area contributed by atoms with Gasteiger partial charge in [-0.05, 0) is 38.1 Å². The maximum atomic E-state index is 5.77. The van der Waals surface area contributed by atoms with Gasteiger partial charge < -0.3 is 10.1 Å². The molecule has 0 saturated heterocycles. The van der Waals surface area contributed by atoms with Crippen molar-refractivity contribution < 1.29 is 4.74 Å². The lowest BCUT2D eigenvalue weighted by Crippen LogP contribution is -2.05. The fourth-order valence-corrected chi connectivity index (χ4v) is 2.40. The molecule has 18 heavy (non-hydrogen) atoms. The molecule has 96 valence electrons. The van der Waals surface area contributed by atoms with Gasteiger partial charge in [-0.3, -0.25) is 0 Å². The van der Waals surface area contributed by atoms with Gasteiger partial charge in [0.05, 0.1) is 12.6 Å². The number of anilines is 1. The Hall–Kier alpha value is -1.26. The maximum Gasteiger partial charge on any atom is 0.183 e. The molecule has 3 nitrogen and oxygen atoms in total. The third-order valence-corrected chi connectivity index (χ3v) is 3.33. The van der Waals surface area contributed by atoms with Gasteiger partial charge in [-0.15, -0.1) is 11.3 Å². The maximum absolute atomic E-state index is 5.77. The summed E-state index contributed by atoms with van der Waals surface area (Å²) in [5, 5.41) is 3.31. The number of nitrogens with zero attached hydrogens (tertiary/aromatic N) is 1. The van der Waals surface area contributed by atoms with Crippen LogP contribution in [0.1, 0.15) is 18.7 Å².